The molecule has 1 radical (unpaired) electrons. The maximum Gasteiger partial charge on any atom is 0 e. The van der Waals surface area contributed by atoms with Gasteiger partial charge in [0.05, 0.1) is 6.07 Å². The van der Waals surface area contributed by atoms with Gasteiger partial charge in [-0.3, -0.25) is 0 Å². The van der Waals surface area contributed by atoms with E-state index in [0.29, 0.717) is 0 Å². The molecule has 35 heavy (non-hydrogen) atoms. The molecule has 0 atom stereocenters. The van der Waals surface area contributed by atoms with Crippen LogP contribution in [0.1, 0.15) is 6.92 Å². The van der Waals surface area contributed by atoms with Crippen LogP contribution in [0, 0.1) is 31.3 Å². The summed E-state index contributed by atoms with van der Waals surface area (Å²) in [7, 11) is -10.4. The van der Waals surface area contributed by atoms with Crippen molar-refractivity contribution in [3.05, 3.63) is 80.6 Å². The third-order valence-electron chi connectivity index (χ3n) is 2.55. The van der Waals surface area contributed by atoms with E-state index >= 15 is 0 Å². The zero-order chi connectivity index (χ0) is 28.5. The molecule has 0 fully saturated rings. The van der Waals surface area contributed by atoms with Gasteiger partial charge in [-0.2, -0.15) is 5.26 Å². The standard InChI is InChI=1S/2C8H11P.C2H3N.3CO.F6P.Mn/c2*1-9(2)8-6-4-3-5-7-8;1-2-3;3*1-2;1-7(2,3,4,5)6;/h2*3-7H,1-2H3;1H3;;;;;/q;;;;;;-1;. The molecule has 0 unspecified atom stereocenters. The molecule has 2 aromatic carbocycles. The van der Waals surface area contributed by atoms with Crippen LogP contribution in [0.3, 0.4) is 0 Å². The van der Waals surface area contributed by atoms with Crippen LogP contribution < -0.4 is 10.6 Å². The van der Waals surface area contributed by atoms with Crippen LogP contribution in [0.2, 0.25) is 0 Å². The molecule has 0 bridgehead atoms. The normalized spacial score (nSPS) is 10.2. The summed E-state index contributed by atoms with van der Waals surface area (Å²) in [6.07, 6.45) is 0. The van der Waals surface area contributed by atoms with Gasteiger partial charge in [0.25, 0.3) is 0 Å². The molecule has 0 N–H and O–H groups in total. The third kappa shape index (κ3) is 59.7. The van der Waals surface area contributed by atoms with Crippen LogP contribution in [0.25, 0.3) is 0 Å². The number of rotatable bonds is 2. The minimum Gasteiger partial charge on any atom is 0 e. The monoisotopic (exact) mass is 601 g/mol. The van der Waals surface area contributed by atoms with Gasteiger partial charge < -0.3 is 0 Å². The average Bonchev–Trinajstić information content (AvgIpc) is 2.78. The summed E-state index contributed by atoms with van der Waals surface area (Å²) in [5.74, 6) is 0. The van der Waals surface area contributed by atoms with E-state index in [9.17, 15) is 25.2 Å². The molecular formula is C21H25F6MnNO3P3-. The van der Waals surface area contributed by atoms with Crippen molar-refractivity contribution in [2.75, 3.05) is 26.7 Å². The Morgan fingerprint density at radius 1 is 0.629 bits per heavy atom. The van der Waals surface area contributed by atoms with Gasteiger partial charge in [0.1, 0.15) is 0 Å². The predicted molar refractivity (Wildman–Crippen MR) is 126 cm³/mol. The van der Waals surface area contributed by atoms with E-state index in [0.717, 1.165) is 0 Å². The third-order valence-corrected chi connectivity index (χ3v) is 5.21. The first-order valence-electron chi connectivity index (χ1n) is 8.41. The first-order valence-corrected chi connectivity index (χ1v) is 14.9. The van der Waals surface area contributed by atoms with Crippen LogP contribution >= 0.6 is 23.7 Å². The molecule has 4 nitrogen and oxygen atoms in total. The van der Waals surface area contributed by atoms with Crippen molar-refractivity contribution >= 4 is 34.3 Å². The number of nitriles is 1. The number of hydrogen-bond acceptors (Lipinski definition) is 1. The predicted octanol–water partition coefficient (Wildman–Crippen LogP) is 7.90. The summed E-state index contributed by atoms with van der Waals surface area (Å²) in [6, 6.07) is 23.0. The quantitative estimate of drug-likeness (QED) is 0.113. The van der Waals surface area contributed by atoms with E-state index in [2.05, 4.69) is 107 Å². The summed E-state index contributed by atoms with van der Waals surface area (Å²) < 4.78 is 81.7. The molecule has 0 saturated carbocycles. The van der Waals surface area contributed by atoms with Crippen LogP contribution in [-0.2, 0) is 31.0 Å². The molecule has 0 spiro atoms. The van der Waals surface area contributed by atoms with Crippen LogP contribution in [0.15, 0.2) is 60.7 Å². The van der Waals surface area contributed by atoms with Crippen molar-refractivity contribution in [2.45, 2.75) is 6.92 Å². The Morgan fingerprint density at radius 2 is 0.771 bits per heavy atom. The molecule has 2 aromatic rings. The maximum absolute atomic E-state index is 10.7. The fourth-order valence-electron chi connectivity index (χ4n) is 1.45. The Balaban J connectivity index is -0.0000000769. The van der Waals surface area contributed by atoms with E-state index in [4.69, 9.17) is 19.2 Å². The number of nitrogens with zero attached hydrogens (tertiary/aromatic N) is 1. The summed E-state index contributed by atoms with van der Waals surface area (Å²) >= 11 is 0. The van der Waals surface area contributed by atoms with E-state index < -0.39 is 7.81 Å². The van der Waals surface area contributed by atoms with Crippen molar-refractivity contribution in [1.82, 2.24) is 0 Å². The fourth-order valence-corrected chi connectivity index (χ4v) is 2.99. The van der Waals surface area contributed by atoms with Gasteiger partial charge >= 0.3 is 66.9 Å². The summed E-state index contributed by atoms with van der Waals surface area (Å²) in [5, 5.41) is 10.3. The van der Waals surface area contributed by atoms with Gasteiger partial charge in [-0.1, -0.05) is 76.5 Å². The minimum absolute atomic E-state index is 0. The fraction of sp³-hybridized carbons (Fsp3) is 0.238. The Hall–Kier alpha value is -1.46. The second-order valence-corrected chi connectivity index (χ2v) is 12.2. The van der Waals surface area contributed by atoms with Crippen molar-refractivity contribution < 1.29 is 56.2 Å². The first kappa shape index (κ1) is 46.8. The number of benzene rings is 2. The molecule has 0 amide bonds. The Kier molecular flexibility index (Phi) is 32.4. The average molecular weight is 601 g/mol. The largest absolute Gasteiger partial charge is 0 e. The van der Waals surface area contributed by atoms with Gasteiger partial charge in [-0.15, -0.1) is 0 Å². The molecule has 0 heterocycles. The molecule has 14 heteroatoms. The first-order chi connectivity index (χ1) is 15.5. The van der Waals surface area contributed by atoms with Gasteiger partial charge in [0.15, 0.2) is 0 Å². The summed E-state index contributed by atoms with van der Waals surface area (Å²) in [5.41, 5.74) is 0. The summed E-state index contributed by atoms with van der Waals surface area (Å²) in [6.45, 7) is 24.0. The van der Waals surface area contributed by atoms with Gasteiger partial charge in [-0.25, -0.2) is 0 Å². The second-order valence-electron chi connectivity index (χ2n) is 5.64. The number of halogens is 6. The van der Waals surface area contributed by atoms with Gasteiger partial charge in [-0.05, 0) is 37.3 Å². The zero-order valence-electron chi connectivity index (χ0n) is 19.4. The molecular weight excluding hydrogens is 576 g/mol. The molecule has 0 saturated heterocycles. The minimum atomic E-state index is -10.7. The van der Waals surface area contributed by atoms with Gasteiger partial charge in [0.2, 0.25) is 0 Å². The van der Waals surface area contributed by atoms with Crippen molar-refractivity contribution in [3.8, 4) is 6.07 Å². The van der Waals surface area contributed by atoms with Crippen LogP contribution in [-0.4, -0.2) is 26.7 Å². The Labute approximate surface area is 215 Å². The van der Waals surface area contributed by atoms with Gasteiger partial charge in [0, 0.05) is 24.0 Å². The second kappa shape index (κ2) is 24.2. The molecule has 2 rings (SSSR count). The van der Waals surface area contributed by atoms with E-state index in [1.807, 2.05) is 0 Å². The summed E-state index contributed by atoms with van der Waals surface area (Å²) in [4.78, 5) is 0. The SMILES string of the molecule is CC#N.CP(C)c1ccccc1.CP(C)c1ccccc1.F[P-](F)(F)(F)(F)F.[C-]#[O+].[C-]#[O+].[C-]#[O+].[Mn]. The molecule has 0 aliphatic heterocycles. The zero-order valence-corrected chi connectivity index (χ0v) is 23.3. The van der Waals surface area contributed by atoms with E-state index in [1.165, 1.54) is 17.5 Å². The van der Waals surface area contributed by atoms with Crippen molar-refractivity contribution in [2.24, 2.45) is 0 Å². The maximum atomic E-state index is 9.87. The smallest absolute Gasteiger partial charge is 0 e. The molecule has 0 aliphatic rings. The Bertz CT molecular complexity index is 772. The van der Waals surface area contributed by atoms with Crippen LogP contribution in [0.4, 0.5) is 25.2 Å². The Morgan fingerprint density at radius 3 is 0.857 bits per heavy atom. The topological polar surface area (TPSA) is 83.5 Å². The van der Waals surface area contributed by atoms with Crippen molar-refractivity contribution in [1.29, 1.82) is 5.26 Å². The molecule has 0 aliphatic carbocycles. The number of hydrogen-bond donors (Lipinski definition) is 0. The van der Waals surface area contributed by atoms with Crippen LogP contribution in [0.5, 0.6) is 0 Å². The van der Waals surface area contributed by atoms with E-state index in [1.54, 1.807) is 6.07 Å². The molecule has 197 valence electrons. The van der Waals surface area contributed by atoms with E-state index in [-0.39, 0.29) is 32.9 Å². The van der Waals surface area contributed by atoms with Crippen molar-refractivity contribution in [3.63, 3.8) is 0 Å². The molecule has 0 aromatic heterocycles.